The second kappa shape index (κ2) is 3.47. The molecule has 1 aromatic carbocycles. The molecule has 0 radical (unpaired) electrons. The fourth-order valence-corrected chi connectivity index (χ4v) is 1.17. The van der Waals surface area contributed by atoms with Gasteiger partial charge in [0.1, 0.15) is 0 Å². The average Bonchev–Trinajstić information content (AvgIpc) is 2.04. The van der Waals surface area contributed by atoms with Crippen LogP contribution in [0.25, 0.3) is 6.08 Å². The zero-order valence-electron chi connectivity index (χ0n) is 5.75. The van der Waals surface area contributed by atoms with E-state index in [4.69, 9.17) is 0 Å². The van der Waals surface area contributed by atoms with E-state index < -0.39 is 0 Å². The molecule has 0 atom stereocenters. The molecule has 0 aliphatic heterocycles. The van der Waals surface area contributed by atoms with Crippen LogP contribution < -0.4 is 0 Å². The van der Waals surface area contributed by atoms with Gasteiger partial charge in [-0.3, -0.25) is 0 Å². The van der Waals surface area contributed by atoms with Gasteiger partial charge in [0.05, 0.1) is 0 Å². The van der Waals surface area contributed by atoms with Crippen LogP contribution in [0.1, 0.15) is 11.1 Å². The highest BCUT2D eigenvalue weighted by atomic mass is 32.1. The second-order valence-electron chi connectivity index (χ2n) is 2.06. The average molecular weight is 150 g/mol. The fourth-order valence-electron chi connectivity index (χ4n) is 0.877. The van der Waals surface area contributed by atoms with Gasteiger partial charge >= 0.3 is 0 Å². The summed E-state index contributed by atoms with van der Waals surface area (Å²) < 4.78 is 0. The number of rotatable bonds is 2. The maximum absolute atomic E-state index is 4.19. The number of thiol groups is 1. The second-order valence-corrected chi connectivity index (χ2v) is 2.38. The lowest BCUT2D eigenvalue weighted by molar-refractivity contribution is 1.40. The van der Waals surface area contributed by atoms with Gasteiger partial charge in [-0.15, -0.1) is 0 Å². The van der Waals surface area contributed by atoms with Crippen molar-refractivity contribution in [3.63, 3.8) is 0 Å². The molecule has 0 aliphatic rings. The Morgan fingerprint density at radius 1 is 1.40 bits per heavy atom. The Bertz CT molecular complexity index is 228. The number of hydrogen-bond acceptors (Lipinski definition) is 1. The summed E-state index contributed by atoms with van der Waals surface area (Å²) in [6.07, 6.45) is 1.85. The standard InChI is InChI=1S/C9H10S/c1-2-8-5-3-4-6-9(8)7-10/h2-6,10H,1,7H2. The summed E-state index contributed by atoms with van der Waals surface area (Å²) >= 11 is 4.19. The van der Waals surface area contributed by atoms with Gasteiger partial charge in [0.2, 0.25) is 0 Å². The van der Waals surface area contributed by atoms with Gasteiger partial charge in [-0.05, 0) is 11.1 Å². The molecule has 0 saturated heterocycles. The van der Waals surface area contributed by atoms with Crippen LogP contribution in [0.2, 0.25) is 0 Å². The molecule has 0 unspecified atom stereocenters. The Hall–Kier alpha value is -0.690. The van der Waals surface area contributed by atoms with E-state index in [-0.39, 0.29) is 0 Å². The Morgan fingerprint density at radius 3 is 2.60 bits per heavy atom. The predicted molar refractivity (Wildman–Crippen MR) is 49.2 cm³/mol. The van der Waals surface area contributed by atoms with Crippen LogP contribution >= 0.6 is 12.6 Å². The zero-order valence-corrected chi connectivity index (χ0v) is 6.64. The lowest BCUT2D eigenvalue weighted by atomic mass is 10.1. The van der Waals surface area contributed by atoms with Gasteiger partial charge in [0, 0.05) is 5.75 Å². The van der Waals surface area contributed by atoms with Crippen molar-refractivity contribution >= 4 is 18.7 Å². The van der Waals surface area contributed by atoms with E-state index in [1.807, 2.05) is 24.3 Å². The maximum atomic E-state index is 4.19. The summed E-state index contributed by atoms with van der Waals surface area (Å²) in [4.78, 5) is 0. The summed E-state index contributed by atoms with van der Waals surface area (Å²) in [6, 6.07) is 8.12. The SMILES string of the molecule is C=Cc1ccccc1CS. The lowest BCUT2D eigenvalue weighted by Crippen LogP contribution is -1.81. The Kier molecular flexibility index (Phi) is 2.57. The smallest absolute Gasteiger partial charge is 0.0160 e. The van der Waals surface area contributed by atoms with Crippen LogP contribution in [0, 0.1) is 0 Å². The normalized spacial score (nSPS) is 9.30. The van der Waals surface area contributed by atoms with Crippen molar-refractivity contribution in [3.8, 4) is 0 Å². The van der Waals surface area contributed by atoms with Gasteiger partial charge in [0.25, 0.3) is 0 Å². The molecule has 0 saturated carbocycles. The largest absolute Gasteiger partial charge is 0.175 e. The molecule has 0 N–H and O–H groups in total. The van der Waals surface area contributed by atoms with E-state index in [0.29, 0.717) is 0 Å². The minimum atomic E-state index is 0.780. The molecule has 0 amide bonds. The van der Waals surface area contributed by atoms with Crippen molar-refractivity contribution in [2.75, 3.05) is 0 Å². The molecule has 0 aliphatic carbocycles. The summed E-state index contributed by atoms with van der Waals surface area (Å²) in [5.41, 5.74) is 2.42. The fraction of sp³-hybridized carbons (Fsp3) is 0.111. The molecule has 1 heteroatoms. The van der Waals surface area contributed by atoms with Crippen LogP contribution in [-0.2, 0) is 5.75 Å². The first-order valence-corrected chi connectivity index (χ1v) is 3.83. The van der Waals surface area contributed by atoms with E-state index in [2.05, 4.69) is 25.3 Å². The molecule has 0 spiro atoms. The third-order valence-corrected chi connectivity index (χ3v) is 1.79. The summed E-state index contributed by atoms with van der Waals surface area (Å²) in [7, 11) is 0. The highest BCUT2D eigenvalue weighted by Crippen LogP contribution is 2.11. The van der Waals surface area contributed by atoms with Crippen molar-refractivity contribution in [2.45, 2.75) is 5.75 Å². The first-order chi connectivity index (χ1) is 4.88. The molecule has 0 aromatic heterocycles. The van der Waals surface area contributed by atoms with E-state index in [9.17, 15) is 0 Å². The van der Waals surface area contributed by atoms with Gasteiger partial charge in [-0.2, -0.15) is 12.6 Å². The van der Waals surface area contributed by atoms with E-state index in [1.165, 1.54) is 11.1 Å². The summed E-state index contributed by atoms with van der Waals surface area (Å²) in [5.74, 6) is 0.780. The highest BCUT2D eigenvalue weighted by molar-refractivity contribution is 7.79. The first kappa shape index (κ1) is 7.42. The van der Waals surface area contributed by atoms with Crippen LogP contribution in [0.4, 0.5) is 0 Å². The molecule has 1 aromatic rings. The molecule has 0 bridgehead atoms. The maximum Gasteiger partial charge on any atom is 0.0160 e. The van der Waals surface area contributed by atoms with Crippen molar-refractivity contribution < 1.29 is 0 Å². The van der Waals surface area contributed by atoms with Crippen molar-refractivity contribution in [2.24, 2.45) is 0 Å². The quantitative estimate of drug-likeness (QED) is 0.616. The molecule has 0 fully saturated rings. The van der Waals surface area contributed by atoms with Crippen LogP contribution in [0.3, 0.4) is 0 Å². The van der Waals surface area contributed by atoms with Gasteiger partial charge < -0.3 is 0 Å². The third-order valence-electron chi connectivity index (χ3n) is 1.45. The molecule has 1 rings (SSSR count). The van der Waals surface area contributed by atoms with E-state index in [1.54, 1.807) is 0 Å². The Morgan fingerprint density at radius 2 is 2.10 bits per heavy atom. The molecule has 0 nitrogen and oxygen atoms in total. The molecule has 0 heterocycles. The third kappa shape index (κ3) is 1.42. The minimum Gasteiger partial charge on any atom is -0.175 e. The predicted octanol–water partition coefficient (Wildman–Crippen LogP) is 2.76. The number of benzene rings is 1. The molecular formula is C9H10S. The van der Waals surface area contributed by atoms with Gasteiger partial charge in [-0.25, -0.2) is 0 Å². The summed E-state index contributed by atoms with van der Waals surface area (Å²) in [5, 5.41) is 0. The summed E-state index contributed by atoms with van der Waals surface area (Å²) in [6.45, 7) is 3.71. The minimum absolute atomic E-state index is 0.780. The van der Waals surface area contributed by atoms with Crippen LogP contribution in [-0.4, -0.2) is 0 Å². The highest BCUT2D eigenvalue weighted by Gasteiger charge is 1.92. The van der Waals surface area contributed by atoms with Crippen molar-refractivity contribution in [1.82, 2.24) is 0 Å². The first-order valence-electron chi connectivity index (χ1n) is 3.19. The van der Waals surface area contributed by atoms with Crippen LogP contribution in [0.15, 0.2) is 30.8 Å². The van der Waals surface area contributed by atoms with Gasteiger partial charge in [-0.1, -0.05) is 36.9 Å². The lowest BCUT2D eigenvalue weighted by Gasteiger charge is -1.99. The number of hydrogen-bond donors (Lipinski definition) is 1. The molecule has 10 heavy (non-hydrogen) atoms. The zero-order chi connectivity index (χ0) is 7.40. The van der Waals surface area contributed by atoms with E-state index in [0.717, 1.165) is 5.75 Å². The van der Waals surface area contributed by atoms with Gasteiger partial charge in [0.15, 0.2) is 0 Å². The molecule has 52 valence electrons. The Balaban J connectivity index is 3.08. The van der Waals surface area contributed by atoms with Crippen molar-refractivity contribution in [3.05, 3.63) is 42.0 Å². The van der Waals surface area contributed by atoms with Crippen molar-refractivity contribution in [1.29, 1.82) is 0 Å². The van der Waals surface area contributed by atoms with Crippen LogP contribution in [0.5, 0.6) is 0 Å². The monoisotopic (exact) mass is 150 g/mol. The Labute approximate surface area is 67.0 Å². The van der Waals surface area contributed by atoms with E-state index >= 15 is 0 Å². The molecular weight excluding hydrogens is 140 g/mol. The topological polar surface area (TPSA) is 0 Å².